The van der Waals surface area contributed by atoms with E-state index in [0.717, 1.165) is 5.56 Å². The molecule has 0 spiro atoms. The fraction of sp³-hybridized carbons (Fsp3) is 0.353. The first-order valence-electron chi connectivity index (χ1n) is 7.56. The summed E-state index contributed by atoms with van der Waals surface area (Å²) in [5.41, 5.74) is 0.832. The highest BCUT2D eigenvalue weighted by Crippen LogP contribution is 2.26. The van der Waals surface area contributed by atoms with Crippen molar-refractivity contribution in [2.45, 2.75) is 19.3 Å². The smallest absolute Gasteiger partial charge is 0.170 e. The Morgan fingerprint density at radius 3 is 2.87 bits per heavy atom. The zero-order valence-corrected chi connectivity index (χ0v) is 12.9. The highest BCUT2D eigenvalue weighted by molar-refractivity contribution is 5.34. The number of ether oxygens (including phenoxy) is 3. The minimum atomic E-state index is -0.409. The van der Waals surface area contributed by atoms with Crippen molar-refractivity contribution in [2.75, 3.05) is 19.8 Å². The maximum atomic E-state index is 14.2. The molecular weight excluding hydrogens is 299 g/mol. The van der Waals surface area contributed by atoms with Crippen LogP contribution in [0.15, 0.2) is 42.7 Å². The first-order valence-corrected chi connectivity index (χ1v) is 7.56. The second-order valence-electron chi connectivity index (χ2n) is 5.28. The van der Waals surface area contributed by atoms with Gasteiger partial charge in [0.05, 0.1) is 19.4 Å². The molecule has 3 rings (SSSR count). The standard InChI is InChI=1S/C17H19FN2O3/c1-12(20-11-17-21-7-8-22-17)13-4-5-16(15(18)9-13)23-14-3-2-6-19-10-14/h2-6,9-10,12,17,20H,7-8,11H2,1H3/t12-/m0/s1. The van der Waals surface area contributed by atoms with Crippen molar-refractivity contribution >= 4 is 0 Å². The Morgan fingerprint density at radius 1 is 1.35 bits per heavy atom. The Bertz CT molecular complexity index is 633. The third kappa shape index (κ3) is 4.25. The molecule has 1 atom stereocenters. The molecule has 5 nitrogen and oxygen atoms in total. The summed E-state index contributed by atoms with van der Waals surface area (Å²) in [7, 11) is 0. The second kappa shape index (κ2) is 7.50. The van der Waals surface area contributed by atoms with Crippen LogP contribution in [-0.2, 0) is 9.47 Å². The second-order valence-corrected chi connectivity index (χ2v) is 5.28. The highest BCUT2D eigenvalue weighted by Gasteiger charge is 2.17. The van der Waals surface area contributed by atoms with Gasteiger partial charge in [-0.2, -0.15) is 0 Å². The number of halogens is 1. The van der Waals surface area contributed by atoms with E-state index in [0.29, 0.717) is 25.5 Å². The minimum Gasteiger partial charge on any atom is -0.453 e. The summed E-state index contributed by atoms with van der Waals surface area (Å²) in [6.45, 7) is 3.77. The van der Waals surface area contributed by atoms with E-state index in [4.69, 9.17) is 14.2 Å². The number of rotatable bonds is 6. The van der Waals surface area contributed by atoms with Crippen LogP contribution in [0.4, 0.5) is 4.39 Å². The molecule has 1 fully saturated rings. The van der Waals surface area contributed by atoms with E-state index in [1.807, 2.05) is 13.0 Å². The van der Waals surface area contributed by atoms with Gasteiger partial charge in [-0.25, -0.2) is 4.39 Å². The molecule has 0 radical (unpaired) electrons. The number of hydrogen-bond acceptors (Lipinski definition) is 5. The van der Waals surface area contributed by atoms with Gasteiger partial charge >= 0.3 is 0 Å². The Kier molecular flexibility index (Phi) is 5.17. The molecule has 0 amide bonds. The molecule has 1 N–H and O–H groups in total. The molecule has 2 heterocycles. The average molecular weight is 318 g/mol. The largest absolute Gasteiger partial charge is 0.453 e. The first kappa shape index (κ1) is 15.9. The lowest BCUT2D eigenvalue weighted by atomic mass is 10.1. The summed E-state index contributed by atoms with van der Waals surface area (Å²) in [6, 6.07) is 8.37. The van der Waals surface area contributed by atoms with E-state index < -0.39 is 5.82 Å². The number of aromatic nitrogens is 1. The van der Waals surface area contributed by atoms with Crippen LogP contribution in [0.25, 0.3) is 0 Å². The maximum Gasteiger partial charge on any atom is 0.170 e. The monoisotopic (exact) mass is 318 g/mol. The predicted octanol–water partition coefficient (Wildman–Crippen LogP) is 3.04. The Labute approximate surface area is 134 Å². The lowest BCUT2D eigenvalue weighted by molar-refractivity contribution is -0.0403. The Hall–Kier alpha value is -2.02. The normalized spacial score (nSPS) is 16.4. The van der Waals surface area contributed by atoms with Crippen molar-refractivity contribution in [1.29, 1.82) is 0 Å². The van der Waals surface area contributed by atoms with Gasteiger partial charge in [-0.3, -0.25) is 4.98 Å². The first-order chi connectivity index (χ1) is 11.2. The lowest BCUT2D eigenvalue weighted by Gasteiger charge is -2.17. The van der Waals surface area contributed by atoms with E-state index in [9.17, 15) is 4.39 Å². The van der Waals surface area contributed by atoms with E-state index in [1.165, 1.54) is 6.07 Å². The number of nitrogens with zero attached hydrogens (tertiary/aromatic N) is 1. The summed E-state index contributed by atoms with van der Waals surface area (Å²) in [4.78, 5) is 3.94. The van der Waals surface area contributed by atoms with Gasteiger partial charge in [0.2, 0.25) is 0 Å². The molecule has 23 heavy (non-hydrogen) atoms. The third-order valence-corrected chi connectivity index (χ3v) is 3.60. The van der Waals surface area contributed by atoms with Gasteiger partial charge in [-0.05, 0) is 36.8 Å². The van der Waals surface area contributed by atoms with Gasteiger partial charge in [0, 0.05) is 18.8 Å². The molecular formula is C17H19FN2O3. The van der Waals surface area contributed by atoms with Crippen LogP contribution < -0.4 is 10.1 Å². The van der Waals surface area contributed by atoms with Gasteiger partial charge in [0.25, 0.3) is 0 Å². The molecule has 2 aromatic rings. The summed E-state index contributed by atoms with van der Waals surface area (Å²) >= 11 is 0. The topological polar surface area (TPSA) is 52.6 Å². The molecule has 6 heteroatoms. The van der Waals surface area contributed by atoms with Gasteiger partial charge in [0.1, 0.15) is 5.75 Å². The third-order valence-electron chi connectivity index (χ3n) is 3.60. The van der Waals surface area contributed by atoms with Gasteiger partial charge in [-0.1, -0.05) is 6.07 Å². The predicted molar refractivity (Wildman–Crippen MR) is 82.8 cm³/mol. The molecule has 122 valence electrons. The summed E-state index contributed by atoms with van der Waals surface area (Å²) in [5, 5.41) is 3.27. The number of nitrogens with one attached hydrogen (secondary N) is 1. The number of pyridine rings is 1. The van der Waals surface area contributed by atoms with Crippen molar-refractivity contribution in [1.82, 2.24) is 10.3 Å². The van der Waals surface area contributed by atoms with Crippen LogP contribution in [0.5, 0.6) is 11.5 Å². The average Bonchev–Trinajstić information content (AvgIpc) is 3.09. The summed E-state index contributed by atoms with van der Waals surface area (Å²) in [6.07, 6.45) is 2.95. The van der Waals surface area contributed by atoms with Crippen LogP contribution in [0.3, 0.4) is 0 Å². The fourth-order valence-electron chi connectivity index (χ4n) is 2.32. The van der Waals surface area contributed by atoms with Crippen LogP contribution >= 0.6 is 0 Å². The molecule has 1 aliphatic rings. The van der Waals surface area contributed by atoms with E-state index in [1.54, 1.807) is 30.6 Å². The van der Waals surface area contributed by atoms with E-state index in [-0.39, 0.29) is 18.1 Å². The van der Waals surface area contributed by atoms with Crippen molar-refractivity contribution in [3.63, 3.8) is 0 Å². The van der Waals surface area contributed by atoms with Crippen LogP contribution in [0.1, 0.15) is 18.5 Å². The molecule has 0 bridgehead atoms. The van der Waals surface area contributed by atoms with Gasteiger partial charge in [0.15, 0.2) is 17.9 Å². The fourth-order valence-corrected chi connectivity index (χ4v) is 2.32. The lowest BCUT2D eigenvalue weighted by Crippen LogP contribution is -2.29. The van der Waals surface area contributed by atoms with Gasteiger partial charge in [-0.15, -0.1) is 0 Å². The molecule has 1 aromatic carbocycles. The zero-order valence-electron chi connectivity index (χ0n) is 12.9. The minimum absolute atomic E-state index is 0.0234. The zero-order chi connectivity index (χ0) is 16.1. The molecule has 1 saturated heterocycles. The van der Waals surface area contributed by atoms with Crippen LogP contribution in [-0.4, -0.2) is 31.0 Å². The molecule has 0 unspecified atom stereocenters. The SMILES string of the molecule is C[C@H](NCC1OCCO1)c1ccc(Oc2cccnc2)c(F)c1. The summed E-state index contributed by atoms with van der Waals surface area (Å²) in [5.74, 6) is 0.269. The van der Waals surface area contributed by atoms with Crippen LogP contribution in [0.2, 0.25) is 0 Å². The van der Waals surface area contributed by atoms with Crippen molar-refractivity contribution < 1.29 is 18.6 Å². The number of benzene rings is 1. The van der Waals surface area contributed by atoms with Crippen molar-refractivity contribution in [2.24, 2.45) is 0 Å². The highest BCUT2D eigenvalue weighted by atomic mass is 19.1. The van der Waals surface area contributed by atoms with E-state index >= 15 is 0 Å². The van der Waals surface area contributed by atoms with E-state index in [2.05, 4.69) is 10.3 Å². The molecule has 0 aliphatic carbocycles. The molecule has 0 saturated carbocycles. The van der Waals surface area contributed by atoms with Gasteiger partial charge < -0.3 is 19.5 Å². The Balaban J connectivity index is 1.61. The summed E-state index contributed by atoms with van der Waals surface area (Å²) < 4.78 is 30.4. The Morgan fingerprint density at radius 2 is 2.17 bits per heavy atom. The number of hydrogen-bond donors (Lipinski definition) is 1. The molecule has 1 aromatic heterocycles. The van der Waals surface area contributed by atoms with Crippen molar-refractivity contribution in [3.05, 3.63) is 54.1 Å². The maximum absolute atomic E-state index is 14.2. The van der Waals surface area contributed by atoms with Crippen LogP contribution in [0, 0.1) is 5.82 Å². The quantitative estimate of drug-likeness (QED) is 0.887. The molecule has 1 aliphatic heterocycles. The van der Waals surface area contributed by atoms with Crippen molar-refractivity contribution in [3.8, 4) is 11.5 Å².